The van der Waals surface area contributed by atoms with Gasteiger partial charge in [-0.05, 0) is 30.7 Å². The second-order valence-electron chi connectivity index (χ2n) is 4.31. The molecule has 0 saturated carbocycles. The minimum Gasteiger partial charge on any atom is -0.491 e. The van der Waals surface area contributed by atoms with Crippen LogP contribution in [0.5, 0.6) is 5.75 Å². The molecular formula is C15H22FNO3. The zero-order chi connectivity index (χ0) is 14.6. The molecule has 20 heavy (non-hydrogen) atoms. The van der Waals surface area contributed by atoms with Crippen LogP contribution in [0.25, 0.3) is 0 Å². The van der Waals surface area contributed by atoms with Crippen molar-refractivity contribution in [1.29, 1.82) is 0 Å². The molecule has 0 fully saturated rings. The Balaban J connectivity index is 2.01. The van der Waals surface area contributed by atoms with Crippen molar-refractivity contribution in [3.05, 3.63) is 42.7 Å². The summed E-state index contributed by atoms with van der Waals surface area (Å²) in [6.07, 6.45) is 2.03. The third-order valence-electron chi connectivity index (χ3n) is 2.53. The van der Waals surface area contributed by atoms with Crippen molar-refractivity contribution in [3.63, 3.8) is 0 Å². The quantitative estimate of drug-likeness (QED) is 0.480. The lowest BCUT2D eigenvalue weighted by Gasteiger charge is -2.13. The van der Waals surface area contributed by atoms with E-state index < -0.39 is 6.10 Å². The first-order valence-electron chi connectivity index (χ1n) is 6.68. The highest BCUT2D eigenvalue weighted by Gasteiger charge is 2.04. The van der Waals surface area contributed by atoms with E-state index in [1.165, 1.54) is 24.3 Å². The topological polar surface area (TPSA) is 50.7 Å². The predicted octanol–water partition coefficient (Wildman–Crippen LogP) is 1.75. The van der Waals surface area contributed by atoms with Gasteiger partial charge in [0.25, 0.3) is 0 Å². The number of nitrogens with one attached hydrogen (secondary N) is 1. The van der Waals surface area contributed by atoms with Gasteiger partial charge >= 0.3 is 0 Å². The minimum absolute atomic E-state index is 0.163. The highest BCUT2D eigenvalue weighted by molar-refractivity contribution is 5.22. The number of rotatable bonds is 11. The molecule has 1 unspecified atom stereocenters. The molecule has 0 heterocycles. The van der Waals surface area contributed by atoms with E-state index in [0.717, 1.165) is 6.42 Å². The van der Waals surface area contributed by atoms with Gasteiger partial charge in [-0.25, -0.2) is 4.39 Å². The van der Waals surface area contributed by atoms with Crippen LogP contribution in [0.3, 0.4) is 0 Å². The molecule has 0 amide bonds. The van der Waals surface area contributed by atoms with Gasteiger partial charge in [-0.3, -0.25) is 0 Å². The molecule has 1 rings (SSSR count). The summed E-state index contributed by atoms with van der Waals surface area (Å²) in [5, 5.41) is 12.8. The number of hydrogen-bond donors (Lipinski definition) is 2. The fourth-order valence-electron chi connectivity index (χ4n) is 1.46. The molecule has 4 nitrogen and oxygen atoms in total. The first-order chi connectivity index (χ1) is 9.72. The van der Waals surface area contributed by atoms with Gasteiger partial charge in [0.15, 0.2) is 0 Å². The van der Waals surface area contributed by atoms with Gasteiger partial charge in [0.2, 0.25) is 0 Å². The maximum Gasteiger partial charge on any atom is 0.123 e. The highest BCUT2D eigenvalue weighted by atomic mass is 19.1. The number of aliphatic hydroxyl groups excluding tert-OH is 1. The monoisotopic (exact) mass is 283 g/mol. The van der Waals surface area contributed by atoms with Crippen LogP contribution >= 0.6 is 0 Å². The van der Waals surface area contributed by atoms with E-state index in [1.54, 1.807) is 0 Å². The highest BCUT2D eigenvalue weighted by Crippen LogP contribution is 2.10. The Bertz CT molecular complexity index is 370. The van der Waals surface area contributed by atoms with Crippen molar-refractivity contribution in [3.8, 4) is 5.75 Å². The van der Waals surface area contributed by atoms with Crippen molar-refractivity contribution in [2.75, 3.05) is 32.9 Å². The second kappa shape index (κ2) is 10.4. The average molecular weight is 283 g/mol. The van der Waals surface area contributed by atoms with Crippen LogP contribution < -0.4 is 10.1 Å². The molecule has 2 N–H and O–H groups in total. The normalized spacial score (nSPS) is 12.1. The number of halogens is 1. The minimum atomic E-state index is -0.617. The van der Waals surface area contributed by atoms with Crippen LogP contribution in [0.2, 0.25) is 0 Å². The summed E-state index contributed by atoms with van der Waals surface area (Å²) in [5.41, 5.74) is 0. The molecule has 0 bridgehead atoms. The van der Waals surface area contributed by atoms with E-state index in [1.807, 2.05) is 6.08 Å². The fourth-order valence-corrected chi connectivity index (χ4v) is 1.46. The molecule has 112 valence electrons. The van der Waals surface area contributed by atoms with Crippen molar-refractivity contribution in [2.45, 2.75) is 12.5 Å². The SMILES string of the molecule is C=CCCOCCNCC(O)COc1ccc(F)cc1. The Kier molecular flexibility index (Phi) is 8.62. The molecule has 1 aromatic carbocycles. The van der Waals surface area contributed by atoms with Crippen molar-refractivity contribution < 1.29 is 19.0 Å². The first-order valence-corrected chi connectivity index (χ1v) is 6.68. The van der Waals surface area contributed by atoms with Crippen LogP contribution in [0.4, 0.5) is 4.39 Å². The number of ether oxygens (including phenoxy) is 2. The summed E-state index contributed by atoms with van der Waals surface area (Å²) in [6.45, 7) is 6.13. The van der Waals surface area contributed by atoms with Gasteiger partial charge in [-0.15, -0.1) is 6.58 Å². The van der Waals surface area contributed by atoms with Crippen LogP contribution in [-0.4, -0.2) is 44.1 Å². The number of benzene rings is 1. The Morgan fingerprint density at radius 1 is 1.30 bits per heavy atom. The smallest absolute Gasteiger partial charge is 0.123 e. The molecule has 1 atom stereocenters. The lowest BCUT2D eigenvalue weighted by molar-refractivity contribution is 0.0993. The lowest BCUT2D eigenvalue weighted by atomic mass is 10.3. The summed E-state index contributed by atoms with van der Waals surface area (Å²) in [5.74, 6) is 0.231. The second-order valence-corrected chi connectivity index (χ2v) is 4.31. The largest absolute Gasteiger partial charge is 0.491 e. The zero-order valence-electron chi connectivity index (χ0n) is 11.6. The maximum absolute atomic E-state index is 12.7. The van der Waals surface area contributed by atoms with E-state index in [4.69, 9.17) is 9.47 Å². The standard InChI is InChI=1S/C15H22FNO3/c1-2-3-9-19-10-8-17-11-14(18)12-20-15-6-4-13(16)5-7-15/h2,4-7,14,17-18H,1,3,8-12H2. The van der Waals surface area contributed by atoms with E-state index in [2.05, 4.69) is 11.9 Å². The van der Waals surface area contributed by atoms with Crippen molar-refractivity contribution >= 4 is 0 Å². The van der Waals surface area contributed by atoms with Gasteiger partial charge in [0, 0.05) is 13.1 Å². The summed E-state index contributed by atoms with van der Waals surface area (Å²) >= 11 is 0. The Morgan fingerprint density at radius 2 is 2.05 bits per heavy atom. The summed E-state index contributed by atoms with van der Waals surface area (Å²) in [6, 6.07) is 5.70. The third-order valence-corrected chi connectivity index (χ3v) is 2.53. The molecule has 5 heteroatoms. The zero-order valence-corrected chi connectivity index (χ0v) is 11.6. The number of aliphatic hydroxyl groups is 1. The molecular weight excluding hydrogens is 261 g/mol. The van der Waals surface area contributed by atoms with E-state index in [-0.39, 0.29) is 12.4 Å². The van der Waals surface area contributed by atoms with Gasteiger partial charge in [0.05, 0.1) is 13.2 Å². The fraction of sp³-hybridized carbons (Fsp3) is 0.467. The predicted molar refractivity (Wildman–Crippen MR) is 76.4 cm³/mol. The van der Waals surface area contributed by atoms with Gasteiger partial charge in [-0.1, -0.05) is 6.08 Å². The van der Waals surface area contributed by atoms with Gasteiger partial charge in [0.1, 0.15) is 24.3 Å². The Morgan fingerprint density at radius 3 is 2.75 bits per heavy atom. The average Bonchev–Trinajstić information content (AvgIpc) is 2.46. The van der Waals surface area contributed by atoms with E-state index in [0.29, 0.717) is 32.1 Å². The lowest BCUT2D eigenvalue weighted by Crippen LogP contribution is -2.33. The van der Waals surface area contributed by atoms with Crippen LogP contribution in [0, 0.1) is 5.82 Å². The Labute approximate surface area is 119 Å². The first kappa shape index (κ1) is 16.6. The Hall–Kier alpha value is -1.43. The molecule has 0 radical (unpaired) electrons. The number of hydrogen-bond acceptors (Lipinski definition) is 4. The van der Waals surface area contributed by atoms with Gasteiger partial charge in [-0.2, -0.15) is 0 Å². The van der Waals surface area contributed by atoms with Crippen molar-refractivity contribution in [1.82, 2.24) is 5.32 Å². The molecule has 0 aliphatic carbocycles. The molecule has 0 aliphatic rings. The maximum atomic E-state index is 12.7. The van der Waals surface area contributed by atoms with E-state index in [9.17, 15) is 9.50 Å². The molecule has 0 spiro atoms. The summed E-state index contributed by atoms with van der Waals surface area (Å²) in [7, 11) is 0. The summed E-state index contributed by atoms with van der Waals surface area (Å²) < 4.78 is 23.3. The molecule has 1 aromatic rings. The van der Waals surface area contributed by atoms with Crippen LogP contribution in [-0.2, 0) is 4.74 Å². The van der Waals surface area contributed by atoms with Crippen LogP contribution in [0.15, 0.2) is 36.9 Å². The molecule has 0 aromatic heterocycles. The summed E-state index contributed by atoms with van der Waals surface area (Å²) in [4.78, 5) is 0. The molecule has 0 aliphatic heterocycles. The van der Waals surface area contributed by atoms with Gasteiger partial charge < -0.3 is 19.9 Å². The van der Waals surface area contributed by atoms with Crippen LogP contribution in [0.1, 0.15) is 6.42 Å². The van der Waals surface area contributed by atoms with E-state index >= 15 is 0 Å². The van der Waals surface area contributed by atoms with Crippen molar-refractivity contribution in [2.24, 2.45) is 0 Å². The molecule has 0 saturated heterocycles. The third kappa shape index (κ3) is 7.89.